The van der Waals surface area contributed by atoms with Crippen molar-refractivity contribution in [3.8, 4) is 5.75 Å². The number of para-hydroxylation sites is 1. The Labute approximate surface area is 116 Å². The number of anilines is 1. The van der Waals surface area contributed by atoms with Gasteiger partial charge in [-0.25, -0.2) is 4.98 Å². The molecule has 2 N–H and O–H groups in total. The lowest BCUT2D eigenvalue weighted by atomic mass is 10.3. The number of hydrogen-bond donors (Lipinski definition) is 1. The van der Waals surface area contributed by atoms with Crippen LogP contribution in [0.15, 0.2) is 24.5 Å². The van der Waals surface area contributed by atoms with Crippen molar-refractivity contribution in [2.45, 2.75) is 20.0 Å². The van der Waals surface area contributed by atoms with E-state index in [-0.39, 0.29) is 0 Å². The number of aryl methyl sites for hydroxylation is 1. The normalized spacial score (nSPS) is 11.1. The van der Waals surface area contributed by atoms with Crippen molar-refractivity contribution in [3.05, 3.63) is 30.4 Å². The van der Waals surface area contributed by atoms with E-state index in [2.05, 4.69) is 15.2 Å². The molecule has 0 radical (unpaired) electrons. The third-order valence-electron chi connectivity index (χ3n) is 3.33. The maximum Gasteiger partial charge on any atom is 0.201 e. The molecule has 0 saturated carbocycles. The van der Waals surface area contributed by atoms with Crippen LogP contribution < -0.4 is 10.5 Å². The Morgan fingerprint density at radius 2 is 2.20 bits per heavy atom. The minimum absolute atomic E-state index is 0.440. The van der Waals surface area contributed by atoms with E-state index >= 15 is 0 Å². The quantitative estimate of drug-likeness (QED) is 0.773. The van der Waals surface area contributed by atoms with E-state index < -0.39 is 0 Å². The highest BCUT2D eigenvalue weighted by atomic mass is 16.5. The number of rotatable bonds is 4. The first-order chi connectivity index (χ1) is 9.74. The van der Waals surface area contributed by atoms with Crippen molar-refractivity contribution in [1.82, 2.24) is 24.3 Å². The topological polar surface area (TPSA) is 83.8 Å². The summed E-state index contributed by atoms with van der Waals surface area (Å²) >= 11 is 0. The average Bonchev–Trinajstić information content (AvgIpc) is 3.04. The van der Waals surface area contributed by atoms with Gasteiger partial charge in [0.15, 0.2) is 5.82 Å². The fraction of sp³-hybridized carbons (Fsp3) is 0.308. The van der Waals surface area contributed by atoms with Crippen LogP contribution in [0.3, 0.4) is 0 Å². The molecule has 7 nitrogen and oxygen atoms in total. The van der Waals surface area contributed by atoms with E-state index in [9.17, 15) is 0 Å². The molecule has 104 valence electrons. The van der Waals surface area contributed by atoms with Crippen LogP contribution in [-0.4, -0.2) is 31.4 Å². The summed E-state index contributed by atoms with van der Waals surface area (Å²) in [6.45, 7) is 3.40. The zero-order valence-electron chi connectivity index (χ0n) is 11.4. The van der Waals surface area contributed by atoms with Crippen molar-refractivity contribution in [3.63, 3.8) is 0 Å². The maximum atomic E-state index is 6.02. The standard InChI is InChI=1S/C13H16N6O/c1-3-18-8-15-17-11(18)7-19-9-5-4-6-10(20-2)12(9)16-13(19)14/h4-6,8H,3,7H2,1-2H3,(H2,14,16). The van der Waals surface area contributed by atoms with E-state index in [4.69, 9.17) is 10.5 Å². The molecular formula is C13H16N6O. The number of nitrogens with two attached hydrogens (primary N) is 1. The monoisotopic (exact) mass is 272 g/mol. The predicted octanol–water partition coefficient (Wildman–Crippen LogP) is 1.29. The third kappa shape index (κ3) is 1.87. The first-order valence-corrected chi connectivity index (χ1v) is 6.40. The molecule has 20 heavy (non-hydrogen) atoms. The van der Waals surface area contributed by atoms with Gasteiger partial charge in [-0.2, -0.15) is 0 Å². The van der Waals surface area contributed by atoms with Crippen molar-refractivity contribution in [2.24, 2.45) is 0 Å². The van der Waals surface area contributed by atoms with Crippen LogP contribution in [0.25, 0.3) is 11.0 Å². The van der Waals surface area contributed by atoms with Crippen molar-refractivity contribution in [1.29, 1.82) is 0 Å². The Balaban J connectivity index is 2.10. The molecule has 0 spiro atoms. The number of aromatic nitrogens is 5. The minimum Gasteiger partial charge on any atom is -0.494 e. The molecule has 3 aromatic rings. The Morgan fingerprint density at radius 3 is 2.95 bits per heavy atom. The number of imidazole rings is 1. The predicted molar refractivity (Wildman–Crippen MR) is 75.5 cm³/mol. The second kappa shape index (κ2) is 4.84. The van der Waals surface area contributed by atoms with Crippen LogP contribution in [-0.2, 0) is 13.1 Å². The number of ether oxygens (including phenoxy) is 1. The fourth-order valence-electron chi connectivity index (χ4n) is 2.28. The Bertz CT molecular complexity index is 744. The number of nitrogen functional groups attached to an aromatic ring is 1. The molecule has 0 aliphatic rings. The van der Waals surface area contributed by atoms with Crippen molar-refractivity contribution in [2.75, 3.05) is 12.8 Å². The number of methoxy groups -OCH3 is 1. The fourth-order valence-corrected chi connectivity index (χ4v) is 2.28. The average molecular weight is 272 g/mol. The van der Waals surface area contributed by atoms with Gasteiger partial charge in [0.25, 0.3) is 0 Å². The van der Waals surface area contributed by atoms with Crippen molar-refractivity contribution < 1.29 is 4.74 Å². The molecule has 3 rings (SSSR count). The maximum absolute atomic E-state index is 6.02. The summed E-state index contributed by atoms with van der Waals surface area (Å²) in [5, 5.41) is 8.06. The molecular weight excluding hydrogens is 256 g/mol. The second-order valence-electron chi connectivity index (χ2n) is 4.42. The lowest BCUT2D eigenvalue weighted by Gasteiger charge is -2.07. The zero-order valence-corrected chi connectivity index (χ0v) is 11.4. The lowest BCUT2D eigenvalue weighted by molar-refractivity contribution is 0.419. The lowest BCUT2D eigenvalue weighted by Crippen LogP contribution is -2.10. The Morgan fingerprint density at radius 1 is 1.35 bits per heavy atom. The largest absolute Gasteiger partial charge is 0.494 e. The molecule has 2 heterocycles. The second-order valence-corrected chi connectivity index (χ2v) is 4.42. The van der Waals surface area contributed by atoms with Gasteiger partial charge in [0, 0.05) is 6.54 Å². The van der Waals surface area contributed by atoms with Gasteiger partial charge in [0.05, 0.1) is 19.2 Å². The minimum atomic E-state index is 0.440. The molecule has 0 amide bonds. The summed E-state index contributed by atoms with van der Waals surface area (Å²) in [6, 6.07) is 5.75. The van der Waals surface area contributed by atoms with Gasteiger partial charge in [0.2, 0.25) is 5.95 Å². The molecule has 0 atom stereocenters. The number of hydrogen-bond acceptors (Lipinski definition) is 5. The highest BCUT2D eigenvalue weighted by Crippen LogP contribution is 2.27. The van der Waals surface area contributed by atoms with Crippen LogP contribution in [0.2, 0.25) is 0 Å². The smallest absolute Gasteiger partial charge is 0.201 e. The highest BCUT2D eigenvalue weighted by molar-refractivity contribution is 5.84. The van der Waals surface area contributed by atoms with Crippen LogP contribution in [0, 0.1) is 0 Å². The van der Waals surface area contributed by atoms with E-state index in [1.165, 1.54) is 0 Å². The SMILES string of the molecule is CCn1cnnc1Cn1c(N)nc2c(OC)cccc21. The molecule has 0 bridgehead atoms. The molecule has 1 aromatic carbocycles. The molecule has 0 aliphatic heterocycles. The summed E-state index contributed by atoms with van der Waals surface area (Å²) in [7, 11) is 1.62. The van der Waals surface area contributed by atoms with Gasteiger partial charge in [0.1, 0.15) is 17.6 Å². The zero-order chi connectivity index (χ0) is 14.1. The van der Waals surface area contributed by atoms with Gasteiger partial charge in [-0.05, 0) is 19.1 Å². The van der Waals surface area contributed by atoms with Crippen LogP contribution >= 0.6 is 0 Å². The number of benzene rings is 1. The summed E-state index contributed by atoms with van der Waals surface area (Å²) < 4.78 is 9.20. The summed E-state index contributed by atoms with van der Waals surface area (Å²) in [6.07, 6.45) is 1.71. The first kappa shape index (κ1) is 12.5. The third-order valence-corrected chi connectivity index (χ3v) is 3.33. The summed E-state index contributed by atoms with van der Waals surface area (Å²) in [4.78, 5) is 4.38. The van der Waals surface area contributed by atoms with E-state index in [0.717, 1.165) is 23.4 Å². The van der Waals surface area contributed by atoms with E-state index in [0.29, 0.717) is 18.2 Å². The van der Waals surface area contributed by atoms with Crippen molar-refractivity contribution >= 4 is 17.0 Å². The Hall–Kier alpha value is -2.57. The molecule has 0 fully saturated rings. The first-order valence-electron chi connectivity index (χ1n) is 6.40. The molecule has 7 heteroatoms. The summed E-state index contributed by atoms with van der Waals surface area (Å²) in [5.74, 6) is 2.00. The van der Waals surface area contributed by atoms with Crippen LogP contribution in [0.4, 0.5) is 5.95 Å². The highest BCUT2D eigenvalue weighted by Gasteiger charge is 2.14. The van der Waals surface area contributed by atoms with Gasteiger partial charge < -0.3 is 19.6 Å². The van der Waals surface area contributed by atoms with Crippen LogP contribution in [0.1, 0.15) is 12.7 Å². The van der Waals surface area contributed by atoms with Gasteiger partial charge in [-0.1, -0.05) is 6.07 Å². The molecule has 0 aliphatic carbocycles. The number of nitrogens with zero attached hydrogens (tertiary/aromatic N) is 5. The van der Waals surface area contributed by atoms with E-state index in [1.54, 1.807) is 13.4 Å². The van der Waals surface area contributed by atoms with E-state index in [1.807, 2.05) is 34.3 Å². The van der Waals surface area contributed by atoms with Gasteiger partial charge >= 0.3 is 0 Å². The molecule has 0 saturated heterocycles. The Kier molecular flexibility index (Phi) is 3.02. The summed E-state index contributed by atoms with van der Waals surface area (Å²) in [5.41, 5.74) is 7.71. The van der Waals surface area contributed by atoms with Crippen LogP contribution in [0.5, 0.6) is 5.75 Å². The van der Waals surface area contributed by atoms with Gasteiger partial charge in [-0.15, -0.1) is 10.2 Å². The number of fused-ring (bicyclic) bond motifs is 1. The van der Waals surface area contributed by atoms with Gasteiger partial charge in [-0.3, -0.25) is 0 Å². The molecule has 2 aromatic heterocycles. The molecule has 0 unspecified atom stereocenters.